The number of nitrogens with zero attached hydrogens (tertiary/aromatic N) is 4. The molecule has 9 heteroatoms. The molecular formula is C25H22FN5O2S. The fourth-order valence-corrected chi connectivity index (χ4v) is 5.03. The van der Waals surface area contributed by atoms with Crippen molar-refractivity contribution in [3.8, 4) is 11.3 Å². The largest absolute Gasteiger partial charge is 0.279 e. The Hall–Kier alpha value is -3.85. The second-order valence-electron chi connectivity index (χ2n) is 8.08. The Morgan fingerprint density at radius 3 is 2.44 bits per heavy atom. The molecule has 1 N–H and O–H groups in total. The number of rotatable bonds is 6. The molecule has 2 heterocycles. The molecule has 7 nitrogen and oxygen atoms in total. The number of anilines is 1. The summed E-state index contributed by atoms with van der Waals surface area (Å²) in [6.07, 6.45) is 1.65. The summed E-state index contributed by atoms with van der Waals surface area (Å²) in [7, 11) is -3.90. The Kier molecular flexibility index (Phi) is 5.49. The Labute approximate surface area is 196 Å². The van der Waals surface area contributed by atoms with Crippen molar-refractivity contribution in [2.24, 2.45) is 0 Å². The second-order valence-corrected chi connectivity index (χ2v) is 9.77. The van der Waals surface area contributed by atoms with Gasteiger partial charge in [-0.3, -0.25) is 4.72 Å². The molecule has 0 aliphatic carbocycles. The third-order valence-corrected chi connectivity index (χ3v) is 7.06. The van der Waals surface area contributed by atoms with Gasteiger partial charge < -0.3 is 0 Å². The van der Waals surface area contributed by atoms with Gasteiger partial charge in [-0.1, -0.05) is 43.3 Å². The van der Waals surface area contributed by atoms with Gasteiger partial charge in [0.05, 0.1) is 16.3 Å². The summed E-state index contributed by atoms with van der Waals surface area (Å²) in [6.45, 7) is 3.89. The minimum Gasteiger partial charge on any atom is -0.279 e. The lowest BCUT2D eigenvalue weighted by Gasteiger charge is -2.14. The standard InChI is InChI=1S/C25H22FN5O2S/c1-3-6-23-27-28-25-21-8-5-4-7-20(21)24(29-31(23)25)17-10-9-16(2)22(15-17)30-34(32,33)19-13-11-18(26)12-14-19/h4-5,7-15,30H,3,6H2,1-2H3. The van der Waals surface area contributed by atoms with Gasteiger partial charge in [-0.25, -0.2) is 12.8 Å². The van der Waals surface area contributed by atoms with Crippen LogP contribution in [0.15, 0.2) is 71.6 Å². The number of fused-ring (bicyclic) bond motifs is 3. The highest BCUT2D eigenvalue weighted by atomic mass is 32.2. The van der Waals surface area contributed by atoms with E-state index in [2.05, 4.69) is 21.8 Å². The third-order valence-electron chi connectivity index (χ3n) is 5.68. The van der Waals surface area contributed by atoms with Crippen LogP contribution in [0.3, 0.4) is 0 Å². The molecule has 34 heavy (non-hydrogen) atoms. The van der Waals surface area contributed by atoms with Gasteiger partial charge in [0.25, 0.3) is 10.0 Å². The molecule has 0 saturated heterocycles. The summed E-state index contributed by atoms with van der Waals surface area (Å²) in [5.41, 5.74) is 3.30. The maximum absolute atomic E-state index is 13.3. The predicted octanol–water partition coefficient (Wildman–Crippen LogP) is 5.15. The smallest absolute Gasteiger partial charge is 0.261 e. The van der Waals surface area contributed by atoms with E-state index in [0.29, 0.717) is 17.0 Å². The molecule has 0 amide bonds. The first-order valence-electron chi connectivity index (χ1n) is 10.9. The van der Waals surface area contributed by atoms with Crippen LogP contribution in [0.2, 0.25) is 0 Å². The summed E-state index contributed by atoms with van der Waals surface area (Å²) in [5.74, 6) is 0.274. The lowest BCUT2D eigenvalue weighted by atomic mass is 10.0. The zero-order chi connectivity index (χ0) is 23.9. The van der Waals surface area contributed by atoms with Crippen LogP contribution >= 0.6 is 0 Å². The molecule has 0 fully saturated rings. The van der Waals surface area contributed by atoms with Gasteiger partial charge in [0, 0.05) is 22.8 Å². The molecule has 0 bridgehead atoms. The van der Waals surface area contributed by atoms with Crippen molar-refractivity contribution in [3.05, 3.63) is 83.9 Å². The Morgan fingerprint density at radius 2 is 1.71 bits per heavy atom. The maximum atomic E-state index is 13.3. The van der Waals surface area contributed by atoms with Crippen molar-refractivity contribution in [2.45, 2.75) is 31.6 Å². The molecule has 0 atom stereocenters. The van der Waals surface area contributed by atoms with E-state index < -0.39 is 15.8 Å². The molecule has 0 aliphatic rings. The van der Waals surface area contributed by atoms with Crippen molar-refractivity contribution in [3.63, 3.8) is 0 Å². The van der Waals surface area contributed by atoms with E-state index in [0.717, 1.165) is 52.7 Å². The zero-order valence-corrected chi connectivity index (χ0v) is 19.5. The van der Waals surface area contributed by atoms with E-state index in [-0.39, 0.29) is 4.90 Å². The van der Waals surface area contributed by atoms with Crippen LogP contribution in [0.1, 0.15) is 24.7 Å². The SMILES string of the molecule is CCCc1nnc2c3ccccc3c(-c3ccc(C)c(NS(=O)(=O)c4ccc(F)cc4)c3)nn12. The third kappa shape index (κ3) is 3.88. The van der Waals surface area contributed by atoms with E-state index in [9.17, 15) is 12.8 Å². The van der Waals surface area contributed by atoms with E-state index in [1.165, 1.54) is 12.1 Å². The van der Waals surface area contributed by atoms with Crippen LogP contribution in [0.4, 0.5) is 10.1 Å². The Morgan fingerprint density at radius 1 is 0.971 bits per heavy atom. The van der Waals surface area contributed by atoms with Crippen molar-refractivity contribution in [1.82, 2.24) is 19.8 Å². The number of aromatic nitrogens is 4. The van der Waals surface area contributed by atoms with Crippen molar-refractivity contribution >= 4 is 32.1 Å². The number of benzene rings is 3. The van der Waals surface area contributed by atoms with E-state index >= 15 is 0 Å². The fraction of sp³-hybridized carbons (Fsp3) is 0.160. The first kappa shape index (κ1) is 22.0. The number of aryl methyl sites for hydroxylation is 2. The molecule has 0 saturated carbocycles. The molecule has 5 rings (SSSR count). The van der Waals surface area contributed by atoms with E-state index in [1.54, 1.807) is 10.6 Å². The molecular weight excluding hydrogens is 453 g/mol. The quantitative estimate of drug-likeness (QED) is 0.367. The van der Waals surface area contributed by atoms with Gasteiger partial charge >= 0.3 is 0 Å². The summed E-state index contributed by atoms with van der Waals surface area (Å²) in [5, 5.41) is 15.3. The van der Waals surface area contributed by atoms with Crippen LogP contribution in [-0.2, 0) is 16.4 Å². The minimum absolute atomic E-state index is 0.0163. The fourth-order valence-electron chi connectivity index (χ4n) is 3.91. The van der Waals surface area contributed by atoms with Crippen LogP contribution < -0.4 is 4.72 Å². The molecule has 5 aromatic rings. The average Bonchev–Trinajstić information content (AvgIpc) is 3.23. The lowest BCUT2D eigenvalue weighted by molar-refractivity contribution is 0.599. The zero-order valence-electron chi connectivity index (χ0n) is 18.7. The average molecular weight is 476 g/mol. The van der Waals surface area contributed by atoms with Gasteiger partial charge in [-0.05, 0) is 49.2 Å². The van der Waals surface area contributed by atoms with Gasteiger partial charge in [0.15, 0.2) is 11.5 Å². The highest BCUT2D eigenvalue weighted by Crippen LogP contribution is 2.32. The van der Waals surface area contributed by atoms with E-state index in [4.69, 9.17) is 5.10 Å². The second kappa shape index (κ2) is 8.49. The molecule has 2 aromatic heterocycles. The number of nitrogens with one attached hydrogen (secondary N) is 1. The number of hydrogen-bond acceptors (Lipinski definition) is 5. The van der Waals surface area contributed by atoms with E-state index in [1.807, 2.05) is 43.3 Å². The number of hydrogen-bond donors (Lipinski definition) is 1. The lowest BCUT2D eigenvalue weighted by Crippen LogP contribution is -2.14. The minimum atomic E-state index is -3.90. The van der Waals surface area contributed by atoms with Crippen molar-refractivity contribution < 1.29 is 12.8 Å². The number of sulfonamides is 1. The Bertz CT molecular complexity index is 1630. The van der Waals surface area contributed by atoms with Gasteiger partial charge in [-0.2, -0.15) is 9.61 Å². The highest BCUT2D eigenvalue weighted by molar-refractivity contribution is 7.92. The summed E-state index contributed by atoms with van der Waals surface area (Å²) >= 11 is 0. The molecule has 0 aliphatic heterocycles. The number of halogens is 1. The van der Waals surface area contributed by atoms with Gasteiger partial charge in [0.1, 0.15) is 5.82 Å². The predicted molar refractivity (Wildman–Crippen MR) is 130 cm³/mol. The molecule has 3 aromatic carbocycles. The summed E-state index contributed by atoms with van der Waals surface area (Å²) in [6, 6.07) is 18.1. The topological polar surface area (TPSA) is 89.2 Å². The first-order valence-corrected chi connectivity index (χ1v) is 12.4. The summed E-state index contributed by atoms with van der Waals surface area (Å²) < 4.78 is 43.5. The molecule has 172 valence electrons. The monoisotopic (exact) mass is 475 g/mol. The van der Waals surface area contributed by atoms with Crippen LogP contribution in [0.25, 0.3) is 27.7 Å². The van der Waals surface area contributed by atoms with Gasteiger partial charge in [-0.15, -0.1) is 10.2 Å². The Balaban J connectivity index is 1.65. The summed E-state index contributed by atoms with van der Waals surface area (Å²) in [4.78, 5) is -0.0163. The van der Waals surface area contributed by atoms with Crippen LogP contribution in [0.5, 0.6) is 0 Å². The van der Waals surface area contributed by atoms with Crippen molar-refractivity contribution in [1.29, 1.82) is 0 Å². The van der Waals surface area contributed by atoms with Crippen molar-refractivity contribution in [2.75, 3.05) is 4.72 Å². The first-order chi connectivity index (χ1) is 16.4. The maximum Gasteiger partial charge on any atom is 0.261 e. The molecule has 0 radical (unpaired) electrons. The van der Waals surface area contributed by atoms with Crippen LogP contribution in [0, 0.1) is 12.7 Å². The molecule has 0 unspecified atom stereocenters. The normalized spacial score (nSPS) is 11.9. The van der Waals surface area contributed by atoms with Gasteiger partial charge in [0.2, 0.25) is 0 Å². The molecule has 0 spiro atoms. The highest BCUT2D eigenvalue weighted by Gasteiger charge is 2.18. The van der Waals surface area contributed by atoms with Crippen LogP contribution in [-0.4, -0.2) is 28.2 Å².